The van der Waals surface area contributed by atoms with Crippen LogP contribution in [0, 0.1) is 0 Å². The number of aromatic nitrogens is 4. The van der Waals surface area contributed by atoms with Gasteiger partial charge in [-0.05, 0) is 42.3 Å². The van der Waals surface area contributed by atoms with Crippen LogP contribution in [0.1, 0.15) is 12.8 Å². The SMILES string of the molecule is CN(C(=O)Cn1nnc(-c2ccc(Cl)cc2)n1)[C@@H]1CC[C@@H](O)[C@@H]1O. The lowest BCUT2D eigenvalue weighted by molar-refractivity contribution is -0.135. The van der Waals surface area contributed by atoms with Crippen LogP contribution < -0.4 is 0 Å². The molecule has 3 rings (SSSR count). The number of aliphatic hydroxyl groups excluding tert-OH is 2. The molecular weight excluding hydrogens is 334 g/mol. The molecule has 1 amide bonds. The van der Waals surface area contributed by atoms with Crippen LogP contribution in [0.4, 0.5) is 0 Å². The van der Waals surface area contributed by atoms with E-state index in [1.54, 1.807) is 31.3 Å². The number of likely N-dealkylation sites (N-methyl/N-ethyl adjacent to an activating group) is 1. The summed E-state index contributed by atoms with van der Waals surface area (Å²) in [4.78, 5) is 15.0. The number of aliphatic hydroxyl groups is 2. The number of nitrogens with zero attached hydrogens (tertiary/aromatic N) is 5. The maximum absolute atomic E-state index is 12.3. The van der Waals surface area contributed by atoms with Crippen molar-refractivity contribution < 1.29 is 15.0 Å². The topological polar surface area (TPSA) is 104 Å². The number of hydrogen-bond donors (Lipinski definition) is 2. The Kier molecular flexibility index (Phi) is 4.79. The van der Waals surface area contributed by atoms with Crippen LogP contribution in [-0.4, -0.2) is 66.5 Å². The molecule has 1 aromatic carbocycles. The maximum Gasteiger partial charge on any atom is 0.246 e. The summed E-state index contributed by atoms with van der Waals surface area (Å²) in [5.41, 5.74) is 0.751. The molecule has 0 saturated heterocycles. The fourth-order valence-corrected chi connectivity index (χ4v) is 2.93. The lowest BCUT2D eigenvalue weighted by Gasteiger charge is -2.27. The van der Waals surface area contributed by atoms with Crippen molar-refractivity contribution in [2.45, 2.75) is 37.6 Å². The summed E-state index contributed by atoms with van der Waals surface area (Å²) in [7, 11) is 1.60. The molecule has 1 aromatic heterocycles. The minimum absolute atomic E-state index is 0.0869. The van der Waals surface area contributed by atoms with Gasteiger partial charge in [-0.2, -0.15) is 4.80 Å². The summed E-state index contributed by atoms with van der Waals surface area (Å²) in [6, 6.07) is 6.60. The smallest absolute Gasteiger partial charge is 0.246 e. The Morgan fingerprint density at radius 1 is 1.33 bits per heavy atom. The van der Waals surface area contributed by atoms with Crippen molar-refractivity contribution in [3.63, 3.8) is 0 Å². The standard InChI is InChI=1S/C15H18ClN5O3/c1-20(11-6-7-12(22)14(11)24)13(23)8-21-18-15(17-19-21)9-2-4-10(16)5-3-9/h2-5,11-12,14,22,24H,6-8H2,1H3/t11-,12-,14-/m1/s1. The van der Waals surface area contributed by atoms with Crippen molar-refractivity contribution in [2.24, 2.45) is 0 Å². The molecule has 128 valence electrons. The Morgan fingerprint density at radius 2 is 2.04 bits per heavy atom. The minimum Gasteiger partial charge on any atom is -0.390 e. The zero-order valence-corrected chi connectivity index (χ0v) is 13.8. The molecule has 1 aliphatic carbocycles. The van der Waals surface area contributed by atoms with E-state index in [2.05, 4.69) is 15.4 Å². The summed E-state index contributed by atoms with van der Waals surface area (Å²) in [6.45, 7) is -0.0869. The van der Waals surface area contributed by atoms with Gasteiger partial charge in [0.15, 0.2) is 0 Å². The maximum atomic E-state index is 12.3. The minimum atomic E-state index is -0.924. The molecule has 0 spiro atoms. The van der Waals surface area contributed by atoms with Crippen LogP contribution in [0.25, 0.3) is 11.4 Å². The molecule has 2 N–H and O–H groups in total. The highest BCUT2D eigenvalue weighted by molar-refractivity contribution is 6.30. The van der Waals surface area contributed by atoms with E-state index in [0.717, 1.165) is 5.56 Å². The Balaban J connectivity index is 1.66. The third-order valence-corrected chi connectivity index (χ3v) is 4.52. The zero-order valence-electron chi connectivity index (χ0n) is 13.1. The lowest BCUT2D eigenvalue weighted by Crippen LogP contribution is -2.45. The molecule has 2 aromatic rings. The fourth-order valence-electron chi connectivity index (χ4n) is 2.80. The van der Waals surface area contributed by atoms with Crippen LogP contribution in [-0.2, 0) is 11.3 Å². The summed E-state index contributed by atoms with van der Waals surface area (Å²) in [5, 5.41) is 32.1. The Bertz CT molecular complexity index is 720. The normalized spacial score (nSPS) is 23.4. The number of halogens is 1. The van der Waals surface area contributed by atoms with Gasteiger partial charge >= 0.3 is 0 Å². The van der Waals surface area contributed by atoms with Gasteiger partial charge in [-0.25, -0.2) is 0 Å². The van der Waals surface area contributed by atoms with Crippen molar-refractivity contribution in [3.05, 3.63) is 29.3 Å². The molecule has 0 bridgehead atoms. The van der Waals surface area contributed by atoms with Gasteiger partial charge in [-0.15, -0.1) is 10.2 Å². The highest BCUT2D eigenvalue weighted by Gasteiger charge is 2.37. The molecule has 8 nitrogen and oxygen atoms in total. The molecule has 0 radical (unpaired) electrons. The quantitative estimate of drug-likeness (QED) is 0.823. The molecule has 9 heteroatoms. The Labute approximate surface area is 143 Å². The third kappa shape index (κ3) is 3.40. The van der Waals surface area contributed by atoms with E-state index in [4.69, 9.17) is 11.6 Å². The van der Waals surface area contributed by atoms with Crippen molar-refractivity contribution in [1.82, 2.24) is 25.1 Å². The second-order valence-electron chi connectivity index (χ2n) is 5.86. The first-order valence-electron chi connectivity index (χ1n) is 7.61. The molecule has 24 heavy (non-hydrogen) atoms. The number of rotatable bonds is 4. The molecule has 0 aliphatic heterocycles. The zero-order chi connectivity index (χ0) is 17.3. The van der Waals surface area contributed by atoms with Crippen LogP contribution in [0.5, 0.6) is 0 Å². The monoisotopic (exact) mass is 351 g/mol. The first kappa shape index (κ1) is 16.8. The van der Waals surface area contributed by atoms with Gasteiger partial charge in [0, 0.05) is 17.6 Å². The van der Waals surface area contributed by atoms with Crippen molar-refractivity contribution in [2.75, 3.05) is 7.05 Å². The van der Waals surface area contributed by atoms with E-state index < -0.39 is 18.2 Å². The van der Waals surface area contributed by atoms with Gasteiger partial charge in [0.1, 0.15) is 12.6 Å². The average Bonchev–Trinajstić information content (AvgIpc) is 3.15. The summed E-state index contributed by atoms with van der Waals surface area (Å²) in [5.74, 6) is 0.145. The van der Waals surface area contributed by atoms with E-state index in [9.17, 15) is 15.0 Å². The lowest BCUT2D eigenvalue weighted by atomic mass is 10.2. The van der Waals surface area contributed by atoms with Gasteiger partial charge in [0.2, 0.25) is 11.7 Å². The van der Waals surface area contributed by atoms with Gasteiger partial charge in [0.05, 0.1) is 12.1 Å². The number of hydrogen-bond acceptors (Lipinski definition) is 6. The van der Waals surface area contributed by atoms with Crippen molar-refractivity contribution in [1.29, 1.82) is 0 Å². The molecule has 1 saturated carbocycles. The summed E-state index contributed by atoms with van der Waals surface area (Å²) < 4.78 is 0. The van der Waals surface area contributed by atoms with Gasteiger partial charge in [-0.1, -0.05) is 11.6 Å². The average molecular weight is 352 g/mol. The van der Waals surface area contributed by atoms with Gasteiger partial charge < -0.3 is 15.1 Å². The summed E-state index contributed by atoms with van der Waals surface area (Å²) in [6.07, 6.45) is -0.671. The second-order valence-corrected chi connectivity index (χ2v) is 6.29. The number of carbonyl (C=O) groups is 1. The van der Waals surface area contributed by atoms with E-state index in [0.29, 0.717) is 23.7 Å². The molecule has 1 fully saturated rings. The first-order chi connectivity index (χ1) is 11.5. The highest BCUT2D eigenvalue weighted by Crippen LogP contribution is 2.24. The molecule has 1 aliphatic rings. The Morgan fingerprint density at radius 3 is 2.67 bits per heavy atom. The Hall–Kier alpha value is -2.03. The third-order valence-electron chi connectivity index (χ3n) is 4.27. The predicted molar refractivity (Wildman–Crippen MR) is 86.1 cm³/mol. The number of tetrazole rings is 1. The van der Waals surface area contributed by atoms with E-state index in [1.165, 1.54) is 9.70 Å². The van der Waals surface area contributed by atoms with Crippen molar-refractivity contribution in [3.8, 4) is 11.4 Å². The van der Waals surface area contributed by atoms with Crippen LogP contribution in [0.3, 0.4) is 0 Å². The van der Waals surface area contributed by atoms with Gasteiger partial charge in [0.25, 0.3) is 0 Å². The first-order valence-corrected chi connectivity index (χ1v) is 7.99. The van der Waals surface area contributed by atoms with E-state index in [1.807, 2.05) is 0 Å². The molecule has 3 atom stereocenters. The number of benzene rings is 1. The van der Waals surface area contributed by atoms with Crippen LogP contribution in [0.15, 0.2) is 24.3 Å². The van der Waals surface area contributed by atoms with Crippen LogP contribution >= 0.6 is 11.6 Å². The fraction of sp³-hybridized carbons (Fsp3) is 0.467. The van der Waals surface area contributed by atoms with E-state index >= 15 is 0 Å². The van der Waals surface area contributed by atoms with Crippen LogP contribution in [0.2, 0.25) is 5.02 Å². The highest BCUT2D eigenvalue weighted by atomic mass is 35.5. The summed E-state index contributed by atoms with van der Waals surface area (Å²) >= 11 is 5.84. The van der Waals surface area contributed by atoms with Crippen molar-refractivity contribution >= 4 is 17.5 Å². The molecular formula is C15H18ClN5O3. The van der Waals surface area contributed by atoms with Gasteiger partial charge in [-0.3, -0.25) is 4.79 Å². The molecule has 0 unspecified atom stereocenters. The predicted octanol–water partition coefficient (Wildman–Crippen LogP) is 0.336. The second kappa shape index (κ2) is 6.84. The van der Waals surface area contributed by atoms with E-state index in [-0.39, 0.29) is 12.5 Å². The number of amides is 1. The number of carbonyl (C=O) groups excluding carboxylic acids is 1. The molecule has 1 heterocycles. The largest absolute Gasteiger partial charge is 0.390 e.